The molecule has 2 rings (SSSR count). The minimum absolute atomic E-state index is 0.159. The van der Waals surface area contributed by atoms with E-state index in [0.29, 0.717) is 26.7 Å². The Balaban J connectivity index is 2.25. The first-order valence-electron chi connectivity index (χ1n) is 5.99. The summed E-state index contributed by atoms with van der Waals surface area (Å²) >= 11 is 7.95. The predicted molar refractivity (Wildman–Crippen MR) is 88.5 cm³/mol. The highest BCUT2D eigenvalue weighted by Gasteiger charge is 2.15. The summed E-state index contributed by atoms with van der Waals surface area (Å²) in [5, 5.41) is 9.68. The molecule has 0 aliphatic carbocycles. The fourth-order valence-electron chi connectivity index (χ4n) is 1.77. The molecule has 0 atom stereocenters. The predicted octanol–water partition coefficient (Wildman–Crippen LogP) is 4.23. The molecule has 0 aliphatic heterocycles. The fourth-order valence-corrected chi connectivity index (χ4v) is 2.74. The van der Waals surface area contributed by atoms with E-state index in [1.54, 1.807) is 12.1 Å². The molecule has 1 N–H and O–H groups in total. The average molecular weight is 419 g/mol. The van der Waals surface area contributed by atoms with Gasteiger partial charge < -0.3 is 14.6 Å². The monoisotopic (exact) mass is 418 g/mol. The van der Waals surface area contributed by atoms with Crippen LogP contribution >= 0.6 is 34.2 Å². The van der Waals surface area contributed by atoms with E-state index in [2.05, 4.69) is 0 Å². The maximum atomic E-state index is 11.0. The highest BCUT2D eigenvalue weighted by molar-refractivity contribution is 14.1. The van der Waals surface area contributed by atoms with Gasteiger partial charge in [-0.3, -0.25) is 0 Å². The lowest BCUT2D eigenvalue weighted by Gasteiger charge is -2.13. The molecule has 0 spiro atoms. The van der Waals surface area contributed by atoms with Gasteiger partial charge in [-0.2, -0.15) is 0 Å². The van der Waals surface area contributed by atoms with Crippen LogP contribution in [-0.4, -0.2) is 18.2 Å². The van der Waals surface area contributed by atoms with Crippen molar-refractivity contribution in [3.05, 3.63) is 56.1 Å². The largest absolute Gasteiger partial charge is 0.493 e. The highest BCUT2D eigenvalue weighted by atomic mass is 127. The van der Waals surface area contributed by atoms with Gasteiger partial charge in [-0.05, 0) is 52.4 Å². The second kappa shape index (κ2) is 7.00. The molecule has 0 saturated heterocycles. The first-order valence-corrected chi connectivity index (χ1v) is 7.45. The molecular weight excluding hydrogens is 407 g/mol. The van der Waals surface area contributed by atoms with E-state index >= 15 is 0 Å². The number of ether oxygens (including phenoxy) is 2. The molecule has 110 valence electrons. The summed E-state index contributed by atoms with van der Waals surface area (Å²) in [5.41, 5.74) is 1.08. The van der Waals surface area contributed by atoms with Gasteiger partial charge in [0.05, 0.1) is 16.2 Å². The van der Waals surface area contributed by atoms with Crippen molar-refractivity contribution in [3.8, 4) is 11.5 Å². The van der Waals surface area contributed by atoms with Gasteiger partial charge in [0.2, 0.25) is 0 Å². The molecule has 0 amide bonds. The number of aromatic carboxylic acids is 1. The maximum Gasteiger partial charge on any atom is 0.335 e. The van der Waals surface area contributed by atoms with Crippen molar-refractivity contribution in [1.82, 2.24) is 0 Å². The zero-order valence-electron chi connectivity index (χ0n) is 11.1. The van der Waals surface area contributed by atoms with Crippen molar-refractivity contribution in [2.45, 2.75) is 6.61 Å². The van der Waals surface area contributed by atoms with Crippen molar-refractivity contribution in [3.63, 3.8) is 0 Å². The smallest absolute Gasteiger partial charge is 0.335 e. The van der Waals surface area contributed by atoms with Crippen LogP contribution in [0.15, 0.2) is 36.4 Å². The number of rotatable bonds is 5. The first-order chi connectivity index (χ1) is 10.0. The Morgan fingerprint density at radius 3 is 2.71 bits per heavy atom. The van der Waals surface area contributed by atoms with E-state index < -0.39 is 5.97 Å². The summed E-state index contributed by atoms with van der Waals surface area (Å²) < 4.78 is 11.6. The summed E-state index contributed by atoms with van der Waals surface area (Å²) in [5.74, 6) is -0.1000. The van der Waals surface area contributed by atoms with Crippen LogP contribution < -0.4 is 9.47 Å². The minimum Gasteiger partial charge on any atom is -0.493 e. The van der Waals surface area contributed by atoms with Crippen LogP contribution in [0, 0.1) is 3.57 Å². The number of methoxy groups -OCH3 is 1. The number of halogens is 2. The molecule has 4 nitrogen and oxygen atoms in total. The number of hydrogen-bond acceptors (Lipinski definition) is 3. The normalized spacial score (nSPS) is 10.2. The van der Waals surface area contributed by atoms with E-state index in [9.17, 15) is 4.79 Å². The zero-order chi connectivity index (χ0) is 15.4. The Kier molecular flexibility index (Phi) is 5.30. The SMILES string of the molecule is COc1cc(C(=O)O)cc(I)c1OCc1cccc(Cl)c1. The summed E-state index contributed by atoms with van der Waals surface area (Å²) in [6, 6.07) is 10.3. The molecule has 0 radical (unpaired) electrons. The van der Waals surface area contributed by atoms with Gasteiger partial charge >= 0.3 is 5.97 Å². The van der Waals surface area contributed by atoms with Gasteiger partial charge in [0.1, 0.15) is 6.61 Å². The van der Waals surface area contributed by atoms with Gasteiger partial charge in [-0.1, -0.05) is 23.7 Å². The molecule has 0 saturated carbocycles. The van der Waals surface area contributed by atoms with Crippen molar-refractivity contribution < 1.29 is 19.4 Å². The molecule has 0 heterocycles. The molecule has 0 bridgehead atoms. The maximum absolute atomic E-state index is 11.0. The second-order valence-corrected chi connectivity index (χ2v) is 5.81. The van der Waals surface area contributed by atoms with Gasteiger partial charge in [-0.15, -0.1) is 0 Å². The number of benzene rings is 2. The minimum atomic E-state index is -1.01. The van der Waals surface area contributed by atoms with Crippen molar-refractivity contribution in [1.29, 1.82) is 0 Å². The first kappa shape index (κ1) is 15.9. The van der Waals surface area contributed by atoms with E-state index in [1.807, 2.05) is 40.8 Å². The topological polar surface area (TPSA) is 55.8 Å². The van der Waals surface area contributed by atoms with E-state index in [1.165, 1.54) is 13.2 Å². The summed E-state index contributed by atoms with van der Waals surface area (Å²) in [4.78, 5) is 11.0. The van der Waals surface area contributed by atoms with Crippen molar-refractivity contribution >= 4 is 40.2 Å². The molecule has 2 aromatic carbocycles. The third-order valence-electron chi connectivity index (χ3n) is 2.75. The quantitative estimate of drug-likeness (QED) is 0.738. The van der Waals surface area contributed by atoms with Gasteiger partial charge in [0.25, 0.3) is 0 Å². The number of carboxylic acids is 1. The highest BCUT2D eigenvalue weighted by Crippen LogP contribution is 2.34. The number of carboxylic acid groups (broad SMARTS) is 1. The van der Waals surface area contributed by atoms with Gasteiger partial charge in [-0.25, -0.2) is 4.79 Å². The Morgan fingerprint density at radius 2 is 2.10 bits per heavy atom. The van der Waals surface area contributed by atoms with Crippen molar-refractivity contribution in [2.24, 2.45) is 0 Å². The third-order valence-corrected chi connectivity index (χ3v) is 3.78. The van der Waals surface area contributed by atoms with Crippen molar-refractivity contribution in [2.75, 3.05) is 7.11 Å². The Bertz CT molecular complexity index is 673. The molecule has 6 heteroatoms. The lowest BCUT2D eigenvalue weighted by molar-refractivity contribution is 0.0696. The second-order valence-electron chi connectivity index (χ2n) is 4.21. The summed E-state index contributed by atoms with van der Waals surface area (Å²) in [6.07, 6.45) is 0. The Morgan fingerprint density at radius 1 is 1.33 bits per heavy atom. The van der Waals surface area contributed by atoms with Crippen LogP contribution in [0.4, 0.5) is 0 Å². The van der Waals surface area contributed by atoms with Crippen LogP contribution in [-0.2, 0) is 6.61 Å². The molecule has 2 aromatic rings. The van der Waals surface area contributed by atoms with E-state index in [0.717, 1.165) is 5.56 Å². The van der Waals surface area contributed by atoms with Crippen LogP contribution in [0.5, 0.6) is 11.5 Å². The van der Waals surface area contributed by atoms with Gasteiger partial charge in [0, 0.05) is 5.02 Å². The van der Waals surface area contributed by atoms with Crippen LogP contribution in [0.1, 0.15) is 15.9 Å². The third kappa shape index (κ3) is 4.01. The fraction of sp³-hybridized carbons (Fsp3) is 0.133. The van der Waals surface area contributed by atoms with Crippen LogP contribution in [0.3, 0.4) is 0 Å². The molecule has 0 fully saturated rings. The lowest BCUT2D eigenvalue weighted by Crippen LogP contribution is -2.03. The summed E-state index contributed by atoms with van der Waals surface area (Å²) in [7, 11) is 1.48. The number of hydrogen-bond donors (Lipinski definition) is 1. The van der Waals surface area contributed by atoms with E-state index in [-0.39, 0.29) is 5.56 Å². The standard InChI is InChI=1S/C15H12ClIO4/c1-20-13-7-10(15(18)19)6-12(17)14(13)21-8-9-3-2-4-11(16)5-9/h2-7H,8H2,1H3,(H,18,19). The average Bonchev–Trinajstić information content (AvgIpc) is 2.45. The van der Waals surface area contributed by atoms with E-state index in [4.69, 9.17) is 26.2 Å². The molecule has 0 unspecified atom stereocenters. The zero-order valence-corrected chi connectivity index (χ0v) is 14.0. The molecule has 0 aromatic heterocycles. The van der Waals surface area contributed by atoms with Crippen LogP contribution in [0.25, 0.3) is 0 Å². The molecule has 21 heavy (non-hydrogen) atoms. The van der Waals surface area contributed by atoms with Gasteiger partial charge in [0.15, 0.2) is 11.5 Å². The Hall–Kier alpha value is -1.47. The lowest BCUT2D eigenvalue weighted by atomic mass is 10.2. The Labute approximate surface area is 140 Å². The summed E-state index contributed by atoms with van der Waals surface area (Å²) in [6.45, 7) is 0.319. The molecular formula is C15H12ClIO4. The van der Waals surface area contributed by atoms with Crippen LogP contribution in [0.2, 0.25) is 5.02 Å². The molecule has 0 aliphatic rings. The number of carbonyl (C=O) groups is 1.